The zero-order valence-electron chi connectivity index (χ0n) is 11.8. The smallest absolute Gasteiger partial charge is 0.384 e. The van der Waals surface area contributed by atoms with Gasteiger partial charge in [0.15, 0.2) is 0 Å². The fourth-order valence-electron chi connectivity index (χ4n) is 1.79. The van der Waals surface area contributed by atoms with Crippen molar-refractivity contribution < 1.29 is 23.0 Å². The highest BCUT2D eigenvalue weighted by Crippen LogP contribution is 2.24. The van der Waals surface area contributed by atoms with E-state index in [9.17, 15) is 13.2 Å². The van der Waals surface area contributed by atoms with Crippen LogP contribution in [0.4, 0.5) is 13.2 Å². The molecule has 19 heavy (non-hydrogen) atoms. The number of aliphatic hydroxyl groups is 1. The lowest BCUT2D eigenvalue weighted by Crippen LogP contribution is -2.28. The van der Waals surface area contributed by atoms with Gasteiger partial charge in [-0.05, 0) is 19.3 Å². The molecule has 1 atom stereocenters. The lowest BCUT2D eigenvalue weighted by molar-refractivity contribution is -0.205. The Labute approximate surface area is 114 Å². The van der Waals surface area contributed by atoms with Crippen LogP contribution in [0, 0.1) is 0 Å². The molecule has 116 valence electrons. The van der Waals surface area contributed by atoms with Gasteiger partial charge in [0.05, 0.1) is 0 Å². The largest absolute Gasteiger partial charge is 0.414 e. The van der Waals surface area contributed by atoms with Crippen LogP contribution in [-0.2, 0) is 4.74 Å². The first-order valence-corrected chi connectivity index (χ1v) is 7.31. The van der Waals surface area contributed by atoms with Crippen LogP contribution in [0.3, 0.4) is 0 Å². The molecule has 0 aliphatic rings. The summed E-state index contributed by atoms with van der Waals surface area (Å²) in [6, 6.07) is 0. The van der Waals surface area contributed by atoms with E-state index in [2.05, 4.69) is 6.92 Å². The van der Waals surface area contributed by atoms with E-state index in [1.807, 2.05) is 0 Å². The Morgan fingerprint density at radius 3 is 2.00 bits per heavy atom. The molecule has 0 aromatic carbocycles. The van der Waals surface area contributed by atoms with Crippen LogP contribution in [0.1, 0.15) is 64.7 Å². The van der Waals surface area contributed by atoms with Gasteiger partial charge in [-0.15, -0.1) is 0 Å². The molecule has 0 aliphatic heterocycles. The molecule has 1 unspecified atom stereocenters. The summed E-state index contributed by atoms with van der Waals surface area (Å²) in [7, 11) is 0. The van der Waals surface area contributed by atoms with Crippen molar-refractivity contribution in [3.63, 3.8) is 0 Å². The lowest BCUT2D eigenvalue weighted by Gasteiger charge is -2.13. The van der Waals surface area contributed by atoms with Gasteiger partial charge in [0.2, 0.25) is 0 Å². The maximum Gasteiger partial charge on any atom is 0.414 e. The third-order valence-corrected chi connectivity index (χ3v) is 3.04. The molecule has 0 spiro atoms. The van der Waals surface area contributed by atoms with Crippen molar-refractivity contribution in [2.75, 3.05) is 13.2 Å². The summed E-state index contributed by atoms with van der Waals surface area (Å²) >= 11 is 0. The van der Waals surface area contributed by atoms with Crippen LogP contribution in [0.2, 0.25) is 0 Å². The average molecular weight is 284 g/mol. The first-order chi connectivity index (χ1) is 8.98. The van der Waals surface area contributed by atoms with E-state index in [1.54, 1.807) is 0 Å². The van der Waals surface area contributed by atoms with E-state index in [1.165, 1.54) is 12.8 Å². The first kappa shape index (κ1) is 18.7. The van der Waals surface area contributed by atoms with Crippen molar-refractivity contribution in [3.8, 4) is 0 Å². The normalized spacial score (nSPS) is 13.7. The van der Waals surface area contributed by atoms with Crippen molar-refractivity contribution in [3.05, 3.63) is 0 Å². The highest BCUT2D eigenvalue weighted by Gasteiger charge is 2.37. The number of ether oxygens (including phenoxy) is 1. The van der Waals surface area contributed by atoms with E-state index in [-0.39, 0.29) is 6.42 Å². The highest BCUT2D eigenvalue weighted by atomic mass is 19.4. The van der Waals surface area contributed by atoms with E-state index in [4.69, 9.17) is 9.84 Å². The van der Waals surface area contributed by atoms with Gasteiger partial charge in [0.25, 0.3) is 0 Å². The number of unbranched alkanes of at least 4 members (excludes halogenated alkanes) is 6. The van der Waals surface area contributed by atoms with Gasteiger partial charge < -0.3 is 9.84 Å². The zero-order valence-corrected chi connectivity index (χ0v) is 11.8. The molecule has 1 N–H and O–H groups in total. The van der Waals surface area contributed by atoms with Crippen LogP contribution in [0.5, 0.6) is 0 Å². The van der Waals surface area contributed by atoms with Crippen molar-refractivity contribution in [2.24, 2.45) is 0 Å². The second-order valence-corrected chi connectivity index (χ2v) is 4.93. The van der Waals surface area contributed by atoms with Gasteiger partial charge in [-0.1, -0.05) is 45.4 Å². The summed E-state index contributed by atoms with van der Waals surface area (Å²) in [5.74, 6) is 0. The molecule has 0 radical (unpaired) electrons. The Morgan fingerprint density at radius 2 is 1.42 bits per heavy atom. The van der Waals surface area contributed by atoms with Crippen molar-refractivity contribution in [2.45, 2.75) is 77.0 Å². The van der Waals surface area contributed by atoms with Crippen LogP contribution in [0.25, 0.3) is 0 Å². The second-order valence-electron chi connectivity index (χ2n) is 4.93. The predicted molar refractivity (Wildman–Crippen MR) is 70.1 cm³/mol. The zero-order chi connectivity index (χ0) is 14.6. The summed E-state index contributed by atoms with van der Waals surface area (Å²) in [6.07, 6.45) is 0.701. The maximum atomic E-state index is 12.0. The molecule has 5 heteroatoms. The predicted octanol–water partition coefficient (Wildman–Crippen LogP) is 4.46. The van der Waals surface area contributed by atoms with E-state index < -0.39 is 12.3 Å². The van der Waals surface area contributed by atoms with Gasteiger partial charge in [-0.2, -0.15) is 13.2 Å². The van der Waals surface area contributed by atoms with Crippen LogP contribution in [0.15, 0.2) is 0 Å². The molecule has 0 rings (SSSR count). The fraction of sp³-hybridized carbons (Fsp3) is 1.00. The molecule has 0 aliphatic carbocycles. The van der Waals surface area contributed by atoms with E-state index in [0.717, 1.165) is 45.3 Å². The number of aliphatic hydroxyl groups excluding tert-OH is 1. The van der Waals surface area contributed by atoms with Crippen LogP contribution in [-0.4, -0.2) is 30.6 Å². The molecule has 0 amide bonds. The molecule has 0 fully saturated rings. The molecule has 0 bridgehead atoms. The molecular weight excluding hydrogens is 257 g/mol. The minimum atomic E-state index is -4.47. The Morgan fingerprint density at radius 1 is 0.895 bits per heavy atom. The Kier molecular flexibility index (Phi) is 11.4. The van der Waals surface area contributed by atoms with Crippen LogP contribution >= 0.6 is 0 Å². The van der Waals surface area contributed by atoms with Crippen molar-refractivity contribution in [1.29, 1.82) is 0 Å². The summed E-state index contributed by atoms with van der Waals surface area (Å²) in [5.41, 5.74) is 0. The first-order valence-electron chi connectivity index (χ1n) is 7.31. The van der Waals surface area contributed by atoms with Crippen molar-refractivity contribution >= 4 is 0 Å². The van der Waals surface area contributed by atoms with Gasteiger partial charge in [0.1, 0.15) is 6.10 Å². The quantitative estimate of drug-likeness (QED) is 0.536. The summed E-state index contributed by atoms with van der Waals surface area (Å²) in [5, 5.41) is 8.78. The maximum absolute atomic E-state index is 12.0. The Bertz CT molecular complexity index is 196. The summed E-state index contributed by atoms with van der Waals surface area (Å²) in [4.78, 5) is 0. The van der Waals surface area contributed by atoms with Gasteiger partial charge in [-0.25, -0.2) is 0 Å². The van der Waals surface area contributed by atoms with E-state index in [0.29, 0.717) is 6.42 Å². The molecular formula is C14H27F3O2. The molecule has 2 nitrogen and oxygen atoms in total. The monoisotopic (exact) mass is 284 g/mol. The minimum absolute atomic E-state index is 0.184. The minimum Gasteiger partial charge on any atom is -0.384 e. The number of rotatable bonds is 12. The third kappa shape index (κ3) is 12.5. The summed E-state index contributed by atoms with van der Waals surface area (Å²) in [6.45, 7) is 3.70. The lowest BCUT2D eigenvalue weighted by atomic mass is 10.1. The molecule has 0 heterocycles. The fourth-order valence-corrected chi connectivity index (χ4v) is 1.79. The SMILES string of the molecule is CCCCCOCCCCCCCC(O)C(F)(F)F. The molecule has 0 aromatic heterocycles. The van der Waals surface area contributed by atoms with E-state index >= 15 is 0 Å². The standard InChI is InChI=1S/C14H27F3O2/c1-2-3-8-11-19-12-9-6-4-5-7-10-13(18)14(15,16)17/h13,18H,2-12H2,1H3. The molecule has 0 saturated heterocycles. The summed E-state index contributed by atoms with van der Waals surface area (Å²) < 4.78 is 41.4. The van der Waals surface area contributed by atoms with Gasteiger partial charge >= 0.3 is 6.18 Å². The van der Waals surface area contributed by atoms with Gasteiger partial charge in [0, 0.05) is 13.2 Å². The van der Waals surface area contributed by atoms with Crippen LogP contribution < -0.4 is 0 Å². The third-order valence-electron chi connectivity index (χ3n) is 3.04. The number of alkyl halides is 3. The average Bonchev–Trinajstić information content (AvgIpc) is 2.34. The number of hydrogen-bond acceptors (Lipinski definition) is 2. The topological polar surface area (TPSA) is 29.5 Å². The second kappa shape index (κ2) is 11.5. The molecule has 0 aromatic rings. The number of hydrogen-bond donors (Lipinski definition) is 1. The number of halogens is 3. The Balaban J connectivity index is 3.15. The van der Waals surface area contributed by atoms with Gasteiger partial charge in [-0.3, -0.25) is 0 Å². The van der Waals surface area contributed by atoms with Crippen molar-refractivity contribution in [1.82, 2.24) is 0 Å². The molecule has 0 saturated carbocycles. The highest BCUT2D eigenvalue weighted by molar-refractivity contribution is 4.64. The Hall–Kier alpha value is -0.290.